The Labute approximate surface area is 220 Å². The fourth-order valence-corrected chi connectivity index (χ4v) is 5.12. The first-order valence-electron chi connectivity index (χ1n) is 12.7. The van der Waals surface area contributed by atoms with Crippen molar-refractivity contribution >= 4 is 34.8 Å². The number of ether oxygens (including phenoxy) is 6. The van der Waals surface area contributed by atoms with Crippen molar-refractivity contribution < 1.29 is 47.6 Å². The summed E-state index contributed by atoms with van der Waals surface area (Å²) in [6.45, 7) is 5.23. The van der Waals surface area contributed by atoms with Gasteiger partial charge in [0.05, 0.1) is 5.52 Å². The van der Waals surface area contributed by atoms with E-state index in [1.807, 2.05) is 35.0 Å². The third-order valence-electron chi connectivity index (χ3n) is 6.53. The summed E-state index contributed by atoms with van der Waals surface area (Å²) in [4.78, 5) is 48.0. The summed E-state index contributed by atoms with van der Waals surface area (Å²) in [7, 11) is 0. The number of hydrogen-bond donors (Lipinski definition) is 0. The summed E-state index contributed by atoms with van der Waals surface area (Å²) in [5, 5.41) is 0.822. The Morgan fingerprint density at radius 1 is 0.868 bits per heavy atom. The normalized spacial score (nSPS) is 27.4. The van der Waals surface area contributed by atoms with E-state index in [0.29, 0.717) is 12.2 Å². The number of nitrogens with zero attached hydrogens (tertiary/aromatic N) is 1. The Bertz CT molecular complexity index is 1180. The fraction of sp³-hybridized carbons (Fsp3) is 0.556. The number of carbonyl (C=O) groups excluding carboxylic acids is 4. The molecule has 2 aliphatic heterocycles. The molecule has 206 valence electrons. The molecule has 0 saturated carbocycles. The maximum Gasteiger partial charge on any atom is 0.303 e. The molecule has 0 bridgehead atoms. The lowest BCUT2D eigenvalue weighted by Gasteiger charge is -2.44. The molecule has 0 radical (unpaired) electrons. The van der Waals surface area contributed by atoms with E-state index in [1.54, 1.807) is 0 Å². The number of esters is 4. The summed E-state index contributed by atoms with van der Waals surface area (Å²) in [6.07, 6.45) is -1.03. The Kier molecular flexibility index (Phi) is 8.68. The molecular weight excluding hydrogens is 498 g/mol. The number of fused-ring (bicyclic) bond motifs is 1. The van der Waals surface area contributed by atoms with Gasteiger partial charge in [0.25, 0.3) is 0 Å². The number of para-hydroxylation sites is 1. The third kappa shape index (κ3) is 6.16. The summed E-state index contributed by atoms with van der Waals surface area (Å²) in [5.41, 5.74) is 1.55. The van der Waals surface area contributed by atoms with Gasteiger partial charge in [-0.2, -0.15) is 0 Å². The van der Waals surface area contributed by atoms with Crippen molar-refractivity contribution in [1.82, 2.24) is 4.57 Å². The number of benzene rings is 1. The minimum Gasteiger partial charge on any atom is -0.463 e. The smallest absolute Gasteiger partial charge is 0.303 e. The van der Waals surface area contributed by atoms with Gasteiger partial charge < -0.3 is 33.0 Å². The summed E-state index contributed by atoms with van der Waals surface area (Å²) in [6, 6.07) is 7.67. The minimum absolute atomic E-state index is 0.187. The second kappa shape index (κ2) is 12.0. The van der Waals surface area contributed by atoms with Gasteiger partial charge in [0.2, 0.25) is 0 Å². The highest BCUT2D eigenvalue weighted by Gasteiger charge is 2.53. The third-order valence-corrected chi connectivity index (χ3v) is 6.53. The van der Waals surface area contributed by atoms with Crippen LogP contribution in [-0.2, 0) is 47.6 Å². The molecule has 1 aromatic carbocycles. The number of rotatable bonds is 7. The monoisotopic (exact) mass is 531 g/mol. The number of aromatic nitrogens is 1. The highest BCUT2D eigenvalue weighted by Crippen LogP contribution is 2.42. The molecule has 3 heterocycles. The molecule has 2 aromatic rings. The average Bonchev–Trinajstić information content (AvgIpc) is 3.24. The van der Waals surface area contributed by atoms with E-state index in [4.69, 9.17) is 28.4 Å². The zero-order chi connectivity index (χ0) is 27.4. The van der Waals surface area contributed by atoms with Gasteiger partial charge >= 0.3 is 23.9 Å². The van der Waals surface area contributed by atoms with Gasteiger partial charge in [0.15, 0.2) is 18.3 Å². The summed E-state index contributed by atoms with van der Waals surface area (Å²) >= 11 is 0. The van der Waals surface area contributed by atoms with Crippen LogP contribution in [0.15, 0.2) is 30.5 Å². The quantitative estimate of drug-likeness (QED) is 0.388. The molecule has 6 atom stereocenters. The highest BCUT2D eigenvalue weighted by molar-refractivity contribution is 5.84. The lowest BCUT2D eigenvalue weighted by atomic mass is 9.90. The minimum atomic E-state index is -1.23. The predicted octanol–water partition coefficient (Wildman–Crippen LogP) is 3.14. The number of carbonyl (C=O) groups is 4. The molecule has 11 nitrogen and oxygen atoms in total. The van der Waals surface area contributed by atoms with E-state index in [1.165, 1.54) is 27.7 Å². The highest BCUT2D eigenvalue weighted by atomic mass is 16.7. The van der Waals surface area contributed by atoms with Crippen LogP contribution in [0.25, 0.3) is 10.9 Å². The van der Waals surface area contributed by atoms with Crippen LogP contribution in [0.5, 0.6) is 0 Å². The molecule has 0 spiro atoms. The predicted molar refractivity (Wildman–Crippen MR) is 132 cm³/mol. The molecule has 2 fully saturated rings. The van der Waals surface area contributed by atoms with Crippen LogP contribution in [0, 0.1) is 0 Å². The van der Waals surface area contributed by atoms with E-state index in [9.17, 15) is 19.2 Å². The van der Waals surface area contributed by atoms with Crippen molar-refractivity contribution in [2.45, 2.75) is 83.7 Å². The molecule has 2 saturated heterocycles. The van der Waals surface area contributed by atoms with Crippen molar-refractivity contribution in [1.29, 1.82) is 0 Å². The average molecular weight is 532 g/mol. The second-order valence-corrected chi connectivity index (χ2v) is 9.45. The molecule has 38 heavy (non-hydrogen) atoms. The molecule has 0 aliphatic carbocycles. The molecule has 11 heteroatoms. The van der Waals surface area contributed by atoms with E-state index in [-0.39, 0.29) is 12.8 Å². The van der Waals surface area contributed by atoms with Crippen LogP contribution in [-0.4, -0.2) is 66.1 Å². The van der Waals surface area contributed by atoms with Crippen molar-refractivity contribution in [2.24, 2.45) is 0 Å². The lowest BCUT2D eigenvalue weighted by molar-refractivity contribution is -0.254. The van der Waals surface area contributed by atoms with E-state index < -0.39 is 54.4 Å². The van der Waals surface area contributed by atoms with Crippen LogP contribution >= 0.6 is 0 Å². The van der Waals surface area contributed by atoms with Crippen LogP contribution in [0.2, 0.25) is 0 Å². The van der Waals surface area contributed by atoms with Gasteiger partial charge in [0.1, 0.15) is 25.0 Å². The second-order valence-electron chi connectivity index (χ2n) is 9.45. The summed E-state index contributed by atoms with van der Waals surface area (Å²) < 4.78 is 36.4. The molecule has 2 aliphatic rings. The lowest BCUT2D eigenvalue weighted by Crippen LogP contribution is -2.59. The topological polar surface area (TPSA) is 129 Å². The molecule has 1 aromatic heterocycles. The molecule has 4 rings (SSSR count). The van der Waals surface area contributed by atoms with Crippen molar-refractivity contribution in [3.8, 4) is 0 Å². The fourth-order valence-electron chi connectivity index (χ4n) is 5.12. The standard InChI is InChI=1S/C27H33NO10/c1-15(29)34-14-22-25(35-16(2)30)27(37-18(4)32)26(36-17(3)31)24(38-22)20-13-28(23-11-7-8-12-33-23)21-10-6-5-9-19(20)21/h5-6,9-10,13,22-27H,7-8,11-12,14H2,1-4H3/t22-,23-,24?,25?,26-,27?/m1/s1. The van der Waals surface area contributed by atoms with Gasteiger partial charge in [-0.3, -0.25) is 19.2 Å². The molecular formula is C27H33NO10. The van der Waals surface area contributed by atoms with Crippen LogP contribution in [0.3, 0.4) is 0 Å². The first-order valence-corrected chi connectivity index (χ1v) is 12.7. The Balaban J connectivity index is 1.84. The van der Waals surface area contributed by atoms with Gasteiger partial charge in [0, 0.05) is 51.4 Å². The van der Waals surface area contributed by atoms with Gasteiger partial charge in [-0.15, -0.1) is 0 Å². The molecule has 0 N–H and O–H groups in total. The maximum atomic E-state index is 12.2. The number of hydrogen-bond acceptors (Lipinski definition) is 10. The maximum absolute atomic E-state index is 12.2. The van der Waals surface area contributed by atoms with Gasteiger partial charge in [-0.25, -0.2) is 0 Å². The van der Waals surface area contributed by atoms with E-state index in [0.717, 1.165) is 30.2 Å². The Hall–Kier alpha value is -3.44. The van der Waals surface area contributed by atoms with Crippen molar-refractivity contribution in [2.75, 3.05) is 13.2 Å². The zero-order valence-electron chi connectivity index (χ0n) is 21.9. The zero-order valence-corrected chi connectivity index (χ0v) is 21.9. The van der Waals surface area contributed by atoms with Crippen molar-refractivity contribution in [3.63, 3.8) is 0 Å². The molecule has 3 unspecified atom stereocenters. The van der Waals surface area contributed by atoms with E-state index >= 15 is 0 Å². The largest absolute Gasteiger partial charge is 0.463 e. The summed E-state index contributed by atoms with van der Waals surface area (Å²) in [5.74, 6) is -2.55. The van der Waals surface area contributed by atoms with E-state index in [2.05, 4.69) is 0 Å². The Morgan fingerprint density at radius 2 is 1.53 bits per heavy atom. The van der Waals surface area contributed by atoms with Crippen LogP contribution in [0.1, 0.15) is 64.9 Å². The first kappa shape index (κ1) is 27.6. The van der Waals surface area contributed by atoms with Crippen LogP contribution in [0.4, 0.5) is 0 Å². The van der Waals surface area contributed by atoms with Gasteiger partial charge in [-0.1, -0.05) is 18.2 Å². The van der Waals surface area contributed by atoms with Crippen molar-refractivity contribution in [3.05, 3.63) is 36.0 Å². The van der Waals surface area contributed by atoms with Gasteiger partial charge in [-0.05, 0) is 25.3 Å². The SMILES string of the molecule is CC(=O)OC[C@H]1OC(c2cn([C@H]3CCCCO3)c3ccccc23)[C@@H](OC(C)=O)C(OC(C)=O)C1OC(C)=O. The first-order chi connectivity index (χ1) is 18.2. The Morgan fingerprint density at radius 3 is 2.16 bits per heavy atom. The molecule has 0 amide bonds. The van der Waals surface area contributed by atoms with Crippen LogP contribution < -0.4 is 0 Å².